The zero-order chi connectivity index (χ0) is 31.8. The topological polar surface area (TPSA) is 190 Å². The molecule has 228 valence electrons. The SMILES string of the molecule is Clc1ccc(CN(Cc2ccc(Cl)cc2)CC2OCCc3[nH]cnc32)cc1.O=C(O)/C=C/C(=O)O.O=C(O)/C=C/C(=O)O. The Balaban J connectivity index is 0.000000334. The highest BCUT2D eigenvalue weighted by Gasteiger charge is 2.25. The van der Waals surface area contributed by atoms with Crippen LogP contribution >= 0.6 is 23.2 Å². The fourth-order valence-corrected chi connectivity index (χ4v) is 3.98. The van der Waals surface area contributed by atoms with Gasteiger partial charge < -0.3 is 30.1 Å². The lowest BCUT2D eigenvalue weighted by Gasteiger charge is -2.29. The second-order valence-electron chi connectivity index (χ2n) is 8.82. The molecule has 0 saturated carbocycles. The lowest BCUT2D eigenvalue weighted by Crippen LogP contribution is -2.31. The van der Waals surface area contributed by atoms with E-state index in [-0.39, 0.29) is 6.10 Å². The number of benzene rings is 2. The van der Waals surface area contributed by atoms with E-state index in [0.717, 1.165) is 48.4 Å². The van der Waals surface area contributed by atoms with Crippen molar-refractivity contribution in [1.29, 1.82) is 0 Å². The van der Waals surface area contributed by atoms with E-state index in [2.05, 4.69) is 39.1 Å². The summed E-state index contributed by atoms with van der Waals surface area (Å²) in [7, 11) is 0. The normalized spacial score (nSPS) is 13.9. The first kappa shape index (κ1) is 34.7. The van der Waals surface area contributed by atoms with Crippen LogP contribution in [0.5, 0.6) is 0 Å². The highest BCUT2D eigenvalue weighted by atomic mass is 35.5. The lowest BCUT2D eigenvalue weighted by molar-refractivity contribution is -0.134. The maximum atomic E-state index is 9.55. The van der Waals surface area contributed by atoms with Crippen molar-refractivity contribution < 1.29 is 44.3 Å². The number of aromatic amines is 1. The molecule has 0 spiro atoms. The summed E-state index contributed by atoms with van der Waals surface area (Å²) in [6.07, 6.45) is 4.85. The van der Waals surface area contributed by atoms with Crippen molar-refractivity contribution in [3.05, 3.63) is 112 Å². The van der Waals surface area contributed by atoms with Crippen molar-refractivity contribution >= 4 is 47.1 Å². The third kappa shape index (κ3) is 14.3. The van der Waals surface area contributed by atoms with Crippen LogP contribution in [0.15, 0.2) is 79.2 Å². The first-order valence-corrected chi connectivity index (χ1v) is 13.3. The van der Waals surface area contributed by atoms with Crippen molar-refractivity contribution in [3.63, 3.8) is 0 Å². The molecule has 2 aromatic carbocycles. The highest BCUT2D eigenvalue weighted by molar-refractivity contribution is 6.30. The zero-order valence-electron chi connectivity index (χ0n) is 22.6. The van der Waals surface area contributed by atoms with Crippen LogP contribution in [0.1, 0.15) is 28.6 Å². The van der Waals surface area contributed by atoms with Gasteiger partial charge in [0, 0.05) is 66.1 Å². The zero-order valence-corrected chi connectivity index (χ0v) is 24.1. The van der Waals surface area contributed by atoms with Gasteiger partial charge in [-0.3, -0.25) is 4.90 Å². The molecule has 2 heterocycles. The number of carboxylic acids is 4. The van der Waals surface area contributed by atoms with Gasteiger partial charge >= 0.3 is 23.9 Å². The van der Waals surface area contributed by atoms with E-state index in [0.29, 0.717) is 24.3 Å². The summed E-state index contributed by atoms with van der Waals surface area (Å²) >= 11 is 12.1. The van der Waals surface area contributed by atoms with E-state index >= 15 is 0 Å². The van der Waals surface area contributed by atoms with Gasteiger partial charge in [-0.15, -0.1) is 0 Å². The standard InChI is InChI=1S/C21H21Cl2N3O.2C4H4O4/c22-17-5-1-15(2-6-17)11-26(12-16-3-7-18(23)8-4-16)13-20-21-19(9-10-27-20)24-14-25-21;2*5-3(6)1-2-4(7)8/h1-8,14,20H,9-13H2,(H,24,25);2*1-2H,(H,5,6)(H,7,8)/b;2*2-1+. The number of ether oxygens (including phenoxy) is 1. The number of carboxylic acid groups (broad SMARTS) is 4. The number of H-pyrrole nitrogens is 1. The van der Waals surface area contributed by atoms with E-state index in [1.807, 2.05) is 24.3 Å². The molecule has 0 bridgehead atoms. The molecule has 1 atom stereocenters. The highest BCUT2D eigenvalue weighted by Crippen LogP contribution is 2.26. The minimum atomic E-state index is -1.26. The summed E-state index contributed by atoms with van der Waals surface area (Å²) in [5.74, 6) is -5.03. The number of hydrogen-bond acceptors (Lipinski definition) is 7. The molecule has 0 saturated heterocycles. The number of nitrogens with zero attached hydrogens (tertiary/aromatic N) is 2. The van der Waals surface area contributed by atoms with Crippen molar-refractivity contribution in [2.75, 3.05) is 13.2 Å². The molecule has 14 heteroatoms. The Labute approximate surface area is 256 Å². The smallest absolute Gasteiger partial charge is 0.328 e. The number of aromatic nitrogens is 2. The number of rotatable bonds is 10. The number of fused-ring (bicyclic) bond motifs is 1. The first-order valence-electron chi connectivity index (χ1n) is 12.6. The summed E-state index contributed by atoms with van der Waals surface area (Å²) in [4.78, 5) is 48.3. The minimum Gasteiger partial charge on any atom is -0.478 e. The Morgan fingerprint density at radius 1 is 0.791 bits per heavy atom. The Kier molecular flexibility index (Phi) is 14.6. The third-order valence-electron chi connectivity index (χ3n) is 5.53. The van der Waals surface area contributed by atoms with Crippen LogP contribution in [0.2, 0.25) is 10.0 Å². The average Bonchev–Trinajstić information content (AvgIpc) is 3.44. The Bertz CT molecular complexity index is 1310. The molecular weight excluding hydrogens is 605 g/mol. The first-order chi connectivity index (χ1) is 20.4. The number of aliphatic carboxylic acids is 4. The summed E-state index contributed by atoms with van der Waals surface area (Å²) < 4.78 is 6.04. The molecule has 0 fully saturated rings. The van der Waals surface area contributed by atoms with Gasteiger partial charge in [0.25, 0.3) is 0 Å². The second kappa shape index (κ2) is 18.1. The number of halogens is 2. The summed E-state index contributed by atoms with van der Waals surface area (Å²) in [5.41, 5.74) is 4.64. The molecular formula is C29H29Cl2N3O9. The molecule has 43 heavy (non-hydrogen) atoms. The van der Waals surface area contributed by atoms with Gasteiger partial charge in [-0.05, 0) is 35.4 Å². The Morgan fingerprint density at radius 3 is 1.60 bits per heavy atom. The molecule has 5 N–H and O–H groups in total. The van der Waals surface area contributed by atoms with Gasteiger partial charge in [-0.25, -0.2) is 24.2 Å². The predicted octanol–water partition coefficient (Wildman–Crippen LogP) is 4.46. The van der Waals surface area contributed by atoms with Crippen LogP contribution in [0, 0.1) is 0 Å². The summed E-state index contributed by atoms with van der Waals surface area (Å²) in [6, 6.07) is 16.0. The molecule has 3 aromatic rings. The van der Waals surface area contributed by atoms with Gasteiger partial charge in [0.2, 0.25) is 0 Å². The van der Waals surface area contributed by atoms with Crippen molar-refractivity contribution in [3.8, 4) is 0 Å². The molecule has 1 unspecified atom stereocenters. The average molecular weight is 634 g/mol. The van der Waals surface area contributed by atoms with E-state index < -0.39 is 23.9 Å². The Morgan fingerprint density at radius 2 is 1.21 bits per heavy atom. The molecule has 1 aliphatic rings. The van der Waals surface area contributed by atoms with Gasteiger partial charge in [0.05, 0.1) is 18.6 Å². The van der Waals surface area contributed by atoms with Crippen molar-refractivity contribution in [2.24, 2.45) is 0 Å². The van der Waals surface area contributed by atoms with Crippen LogP contribution in [0.25, 0.3) is 0 Å². The lowest BCUT2D eigenvalue weighted by atomic mass is 10.1. The van der Waals surface area contributed by atoms with Gasteiger partial charge in [0.1, 0.15) is 6.10 Å². The summed E-state index contributed by atoms with van der Waals surface area (Å²) in [6.45, 7) is 3.09. The van der Waals surface area contributed by atoms with E-state index in [9.17, 15) is 19.2 Å². The van der Waals surface area contributed by atoms with Gasteiger partial charge in [-0.1, -0.05) is 47.5 Å². The monoisotopic (exact) mass is 633 g/mol. The predicted molar refractivity (Wildman–Crippen MR) is 157 cm³/mol. The fraction of sp³-hybridized carbons (Fsp3) is 0.207. The fourth-order valence-electron chi connectivity index (χ4n) is 3.73. The molecule has 0 radical (unpaired) electrons. The van der Waals surface area contributed by atoms with Gasteiger partial charge in [0.15, 0.2) is 0 Å². The van der Waals surface area contributed by atoms with Crippen LogP contribution < -0.4 is 0 Å². The molecule has 1 aliphatic heterocycles. The molecule has 4 rings (SSSR count). The van der Waals surface area contributed by atoms with Crippen LogP contribution in [0.4, 0.5) is 0 Å². The minimum absolute atomic E-state index is 0.0281. The quantitative estimate of drug-likeness (QED) is 0.198. The van der Waals surface area contributed by atoms with Crippen molar-refractivity contribution in [1.82, 2.24) is 14.9 Å². The van der Waals surface area contributed by atoms with E-state index in [1.165, 1.54) is 16.8 Å². The number of hydrogen-bond donors (Lipinski definition) is 5. The van der Waals surface area contributed by atoms with Crippen molar-refractivity contribution in [2.45, 2.75) is 25.6 Å². The molecule has 1 aromatic heterocycles. The molecule has 12 nitrogen and oxygen atoms in total. The summed E-state index contributed by atoms with van der Waals surface area (Å²) in [5, 5.41) is 32.7. The molecule has 0 aliphatic carbocycles. The number of imidazole rings is 1. The second-order valence-corrected chi connectivity index (χ2v) is 9.69. The number of nitrogens with one attached hydrogen (secondary N) is 1. The maximum absolute atomic E-state index is 9.55. The Hall–Kier alpha value is -4.49. The number of carbonyl (C=O) groups is 4. The largest absolute Gasteiger partial charge is 0.478 e. The van der Waals surface area contributed by atoms with Crippen LogP contribution in [-0.4, -0.2) is 72.3 Å². The van der Waals surface area contributed by atoms with Crippen LogP contribution in [0.3, 0.4) is 0 Å². The maximum Gasteiger partial charge on any atom is 0.328 e. The molecule has 0 amide bonds. The van der Waals surface area contributed by atoms with Gasteiger partial charge in [-0.2, -0.15) is 0 Å². The van der Waals surface area contributed by atoms with Crippen LogP contribution in [-0.2, 0) is 43.4 Å². The van der Waals surface area contributed by atoms with E-state index in [1.54, 1.807) is 6.33 Å². The third-order valence-corrected chi connectivity index (χ3v) is 6.03. The van der Waals surface area contributed by atoms with E-state index in [4.69, 9.17) is 48.4 Å².